The van der Waals surface area contributed by atoms with Crippen LogP contribution < -0.4 is 10.6 Å². The summed E-state index contributed by atoms with van der Waals surface area (Å²) < 4.78 is 0. The number of nitrogens with zero attached hydrogens (tertiary/aromatic N) is 1. The molecule has 1 aliphatic carbocycles. The summed E-state index contributed by atoms with van der Waals surface area (Å²) >= 11 is 1.92. The van der Waals surface area contributed by atoms with Gasteiger partial charge in [-0.05, 0) is 56.5 Å². The number of hydrogen-bond donors (Lipinski definition) is 2. The third-order valence-electron chi connectivity index (χ3n) is 4.06. The summed E-state index contributed by atoms with van der Waals surface area (Å²) in [6, 6.07) is 0.625. The third kappa shape index (κ3) is 8.60. The van der Waals surface area contributed by atoms with Gasteiger partial charge in [0, 0.05) is 19.6 Å². The summed E-state index contributed by atoms with van der Waals surface area (Å²) in [5.41, 5.74) is 0. The molecule has 1 fully saturated rings. The Hall–Kier alpha value is 0.350. The van der Waals surface area contributed by atoms with E-state index >= 15 is 0 Å². The average molecular weight is 413 g/mol. The number of hydrogen-bond acceptors (Lipinski definition) is 2. The second kappa shape index (κ2) is 13.0. The highest BCUT2D eigenvalue weighted by Gasteiger charge is 2.20. The first-order chi connectivity index (χ1) is 9.30. The first kappa shape index (κ1) is 20.3. The van der Waals surface area contributed by atoms with Crippen LogP contribution in [0.1, 0.15) is 51.9 Å². The van der Waals surface area contributed by atoms with E-state index in [-0.39, 0.29) is 24.0 Å². The van der Waals surface area contributed by atoms with Gasteiger partial charge in [0.1, 0.15) is 0 Å². The minimum atomic E-state index is 0. The molecule has 0 heterocycles. The smallest absolute Gasteiger partial charge is 0.191 e. The number of guanidine groups is 1. The standard InChI is InChI=1S/C15H31N3S.HI/c1-4-13-7-9-14(10-8-13)18-15(16-2)17-11-5-6-12-19-3;/h13-14H,4-12H2,1-3H3,(H2,16,17,18);1H. The molecule has 0 atom stereocenters. The van der Waals surface area contributed by atoms with E-state index in [0.717, 1.165) is 18.4 Å². The Morgan fingerprint density at radius 2 is 1.90 bits per heavy atom. The van der Waals surface area contributed by atoms with E-state index in [1.807, 2.05) is 18.8 Å². The van der Waals surface area contributed by atoms with Crippen LogP contribution in [0.15, 0.2) is 4.99 Å². The van der Waals surface area contributed by atoms with Crippen molar-refractivity contribution in [1.82, 2.24) is 10.6 Å². The molecule has 0 unspecified atom stereocenters. The van der Waals surface area contributed by atoms with E-state index < -0.39 is 0 Å². The molecule has 0 radical (unpaired) electrons. The monoisotopic (exact) mass is 413 g/mol. The minimum absolute atomic E-state index is 0. The first-order valence-electron chi connectivity index (χ1n) is 7.76. The highest BCUT2D eigenvalue weighted by Crippen LogP contribution is 2.26. The molecule has 0 saturated heterocycles. The highest BCUT2D eigenvalue weighted by atomic mass is 127. The van der Waals surface area contributed by atoms with Crippen LogP contribution >= 0.6 is 35.7 Å². The molecular formula is C15H32IN3S. The molecule has 0 aliphatic heterocycles. The van der Waals surface area contributed by atoms with E-state index in [4.69, 9.17) is 0 Å². The lowest BCUT2D eigenvalue weighted by Crippen LogP contribution is -2.45. The van der Waals surface area contributed by atoms with Gasteiger partial charge in [0.25, 0.3) is 0 Å². The molecule has 0 bridgehead atoms. The number of unbranched alkanes of at least 4 members (excludes halogenated alkanes) is 1. The second-order valence-electron chi connectivity index (χ2n) is 5.47. The predicted octanol–water partition coefficient (Wildman–Crippen LogP) is 3.88. The molecule has 5 heteroatoms. The summed E-state index contributed by atoms with van der Waals surface area (Å²) in [5, 5.41) is 7.01. The predicted molar refractivity (Wildman–Crippen MR) is 104 cm³/mol. The van der Waals surface area contributed by atoms with Crippen molar-refractivity contribution in [2.24, 2.45) is 10.9 Å². The van der Waals surface area contributed by atoms with Gasteiger partial charge in [0.2, 0.25) is 0 Å². The molecule has 1 rings (SSSR count). The zero-order valence-corrected chi connectivity index (χ0v) is 16.4. The molecule has 0 spiro atoms. The Morgan fingerprint density at radius 3 is 2.45 bits per heavy atom. The third-order valence-corrected chi connectivity index (χ3v) is 4.75. The number of thioether (sulfide) groups is 1. The van der Waals surface area contributed by atoms with E-state index in [1.54, 1.807) is 0 Å². The van der Waals surface area contributed by atoms with Gasteiger partial charge in [-0.1, -0.05) is 13.3 Å². The molecule has 20 heavy (non-hydrogen) atoms. The van der Waals surface area contributed by atoms with Crippen molar-refractivity contribution in [2.45, 2.75) is 57.9 Å². The number of nitrogens with one attached hydrogen (secondary N) is 2. The zero-order chi connectivity index (χ0) is 13.9. The van der Waals surface area contributed by atoms with Crippen LogP contribution in [0.25, 0.3) is 0 Å². The lowest BCUT2D eigenvalue weighted by molar-refractivity contribution is 0.304. The number of halogens is 1. The van der Waals surface area contributed by atoms with Crippen LogP contribution in [0.3, 0.4) is 0 Å². The van der Waals surface area contributed by atoms with Crippen molar-refractivity contribution in [3.05, 3.63) is 0 Å². The largest absolute Gasteiger partial charge is 0.356 e. The summed E-state index contributed by atoms with van der Waals surface area (Å²) in [6.07, 6.45) is 11.4. The molecule has 1 saturated carbocycles. The molecule has 0 aromatic carbocycles. The van der Waals surface area contributed by atoms with E-state index in [1.165, 1.54) is 50.7 Å². The molecule has 3 nitrogen and oxygen atoms in total. The maximum absolute atomic E-state index is 4.33. The van der Waals surface area contributed by atoms with Gasteiger partial charge >= 0.3 is 0 Å². The van der Waals surface area contributed by atoms with Crippen LogP contribution in [0.4, 0.5) is 0 Å². The summed E-state index contributed by atoms with van der Waals surface area (Å²) in [4.78, 5) is 4.33. The molecule has 2 N–H and O–H groups in total. The average Bonchev–Trinajstić information content (AvgIpc) is 2.46. The first-order valence-corrected chi connectivity index (χ1v) is 9.15. The Morgan fingerprint density at radius 1 is 1.20 bits per heavy atom. The number of rotatable bonds is 7. The van der Waals surface area contributed by atoms with Crippen LogP contribution in [0, 0.1) is 5.92 Å². The lowest BCUT2D eigenvalue weighted by atomic mass is 9.84. The highest BCUT2D eigenvalue weighted by molar-refractivity contribution is 14.0. The fraction of sp³-hybridized carbons (Fsp3) is 0.933. The van der Waals surface area contributed by atoms with E-state index in [2.05, 4.69) is 28.8 Å². The van der Waals surface area contributed by atoms with Crippen molar-refractivity contribution in [3.63, 3.8) is 0 Å². The van der Waals surface area contributed by atoms with Crippen LogP contribution in [0.2, 0.25) is 0 Å². The Kier molecular flexibility index (Phi) is 13.3. The Labute approximate surface area is 146 Å². The van der Waals surface area contributed by atoms with Gasteiger partial charge in [0.05, 0.1) is 0 Å². The maximum atomic E-state index is 4.33. The van der Waals surface area contributed by atoms with Gasteiger partial charge in [-0.3, -0.25) is 4.99 Å². The fourth-order valence-corrected chi connectivity index (χ4v) is 3.17. The Bertz CT molecular complexity index is 254. The van der Waals surface area contributed by atoms with Crippen molar-refractivity contribution in [3.8, 4) is 0 Å². The van der Waals surface area contributed by atoms with Crippen molar-refractivity contribution < 1.29 is 0 Å². The molecule has 0 amide bonds. The molecule has 0 aromatic rings. The van der Waals surface area contributed by atoms with E-state index in [0.29, 0.717) is 6.04 Å². The second-order valence-corrected chi connectivity index (χ2v) is 6.45. The fourth-order valence-electron chi connectivity index (χ4n) is 2.68. The van der Waals surface area contributed by atoms with Gasteiger partial charge in [-0.2, -0.15) is 11.8 Å². The van der Waals surface area contributed by atoms with Gasteiger partial charge in [-0.15, -0.1) is 24.0 Å². The quantitative estimate of drug-likeness (QED) is 0.288. The summed E-state index contributed by atoms with van der Waals surface area (Å²) in [6.45, 7) is 3.35. The summed E-state index contributed by atoms with van der Waals surface area (Å²) in [7, 11) is 1.87. The topological polar surface area (TPSA) is 36.4 Å². The van der Waals surface area contributed by atoms with Crippen molar-refractivity contribution in [1.29, 1.82) is 0 Å². The van der Waals surface area contributed by atoms with Crippen LogP contribution in [-0.4, -0.2) is 37.6 Å². The summed E-state index contributed by atoms with van der Waals surface area (Å²) in [5.74, 6) is 3.21. The van der Waals surface area contributed by atoms with Crippen LogP contribution in [0.5, 0.6) is 0 Å². The van der Waals surface area contributed by atoms with Crippen molar-refractivity contribution >= 4 is 41.7 Å². The maximum Gasteiger partial charge on any atom is 0.191 e. The lowest BCUT2D eigenvalue weighted by Gasteiger charge is -2.29. The van der Waals surface area contributed by atoms with E-state index in [9.17, 15) is 0 Å². The Balaban J connectivity index is 0.00000361. The van der Waals surface area contributed by atoms with Crippen molar-refractivity contribution in [2.75, 3.05) is 25.6 Å². The minimum Gasteiger partial charge on any atom is -0.356 e. The molecule has 0 aromatic heterocycles. The molecule has 120 valence electrons. The zero-order valence-electron chi connectivity index (χ0n) is 13.3. The number of aliphatic imine (C=N–C) groups is 1. The van der Waals surface area contributed by atoms with Gasteiger partial charge < -0.3 is 10.6 Å². The molecular weight excluding hydrogens is 381 g/mol. The van der Waals surface area contributed by atoms with Gasteiger partial charge in [-0.25, -0.2) is 0 Å². The van der Waals surface area contributed by atoms with Crippen LogP contribution in [-0.2, 0) is 0 Å². The SMILES string of the molecule is CCC1CCC(NC(=NC)NCCCCSC)CC1.I. The normalized spacial score (nSPS) is 23.1. The van der Waals surface area contributed by atoms with Gasteiger partial charge in [0.15, 0.2) is 5.96 Å². The molecule has 1 aliphatic rings.